The predicted molar refractivity (Wildman–Crippen MR) is 70.0 cm³/mol. The van der Waals surface area contributed by atoms with E-state index in [0.717, 1.165) is 22.0 Å². The van der Waals surface area contributed by atoms with Gasteiger partial charge in [0.25, 0.3) is 0 Å². The van der Waals surface area contributed by atoms with Crippen LogP contribution in [0.15, 0.2) is 22.0 Å². The number of rotatable bonds is 3. The Bertz CT molecular complexity index is 503. The molecule has 1 aromatic carbocycles. The van der Waals surface area contributed by atoms with Gasteiger partial charge in [0.05, 0.1) is 20.9 Å². The molecule has 2 nitrogen and oxygen atoms in total. The van der Waals surface area contributed by atoms with Crippen LogP contribution >= 0.6 is 23.1 Å². The van der Waals surface area contributed by atoms with Crippen molar-refractivity contribution in [2.75, 3.05) is 5.75 Å². The number of aromatic nitrogens is 1. The SMILES string of the molecule is C=Nc1cc2sc(C)nc2cc1SCC. The minimum atomic E-state index is 0.970. The highest BCUT2D eigenvalue weighted by atomic mass is 32.2. The Morgan fingerprint density at radius 2 is 2.33 bits per heavy atom. The van der Waals surface area contributed by atoms with E-state index in [-0.39, 0.29) is 0 Å². The molecule has 2 rings (SSSR count). The summed E-state index contributed by atoms with van der Waals surface area (Å²) in [6.45, 7) is 7.77. The van der Waals surface area contributed by atoms with Crippen molar-refractivity contribution in [3.63, 3.8) is 0 Å². The molecule has 0 aliphatic heterocycles. The van der Waals surface area contributed by atoms with Gasteiger partial charge < -0.3 is 0 Å². The number of hydrogen-bond donors (Lipinski definition) is 0. The molecule has 15 heavy (non-hydrogen) atoms. The highest BCUT2D eigenvalue weighted by molar-refractivity contribution is 7.99. The number of aryl methyl sites for hydroxylation is 1. The quantitative estimate of drug-likeness (QED) is 0.593. The van der Waals surface area contributed by atoms with Crippen LogP contribution in [0.4, 0.5) is 5.69 Å². The number of thioether (sulfide) groups is 1. The van der Waals surface area contributed by atoms with E-state index in [1.54, 1.807) is 23.1 Å². The lowest BCUT2D eigenvalue weighted by atomic mass is 10.3. The zero-order valence-electron chi connectivity index (χ0n) is 8.78. The maximum atomic E-state index is 4.47. The summed E-state index contributed by atoms with van der Waals surface area (Å²) in [5.74, 6) is 1.04. The Hall–Kier alpha value is -0.870. The molecule has 1 aromatic heterocycles. The third kappa shape index (κ3) is 2.06. The largest absolute Gasteiger partial charge is 0.263 e. The number of fused-ring (bicyclic) bond motifs is 1. The summed E-state index contributed by atoms with van der Waals surface area (Å²) in [6, 6.07) is 4.18. The first-order valence-corrected chi connectivity index (χ1v) is 6.55. The van der Waals surface area contributed by atoms with Crippen LogP contribution in [0.5, 0.6) is 0 Å². The molecule has 4 heteroatoms. The lowest BCUT2D eigenvalue weighted by molar-refractivity contribution is 1.32. The Morgan fingerprint density at radius 3 is 3.00 bits per heavy atom. The van der Waals surface area contributed by atoms with E-state index in [2.05, 4.69) is 35.8 Å². The molecule has 0 saturated heterocycles. The summed E-state index contributed by atoms with van der Waals surface area (Å²) in [6.07, 6.45) is 0. The number of thiazole rings is 1. The first-order valence-electron chi connectivity index (χ1n) is 4.75. The molecule has 0 atom stereocenters. The van der Waals surface area contributed by atoms with Gasteiger partial charge in [-0.15, -0.1) is 23.1 Å². The van der Waals surface area contributed by atoms with Crippen molar-refractivity contribution >= 4 is 45.7 Å². The van der Waals surface area contributed by atoms with Gasteiger partial charge in [0.15, 0.2) is 0 Å². The van der Waals surface area contributed by atoms with Gasteiger partial charge in [0.1, 0.15) is 0 Å². The van der Waals surface area contributed by atoms with Crippen molar-refractivity contribution in [2.24, 2.45) is 4.99 Å². The highest BCUT2D eigenvalue weighted by Crippen LogP contribution is 2.35. The Balaban J connectivity index is 2.62. The molecule has 0 amide bonds. The third-order valence-corrected chi connectivity index (χ3v) is 3.91. The summed E-state index contributed by atoms with van der Waals surface area (Å²) in [7, 11) is 0. The van der Waals surface area contributed by atoms with Gasteiger partial charge in [0, 0.05) is 4.90 Å². The maximum absolute atomic E-state index is 4.47. The fraction of sp³-hybridized carbons (Fsp3) is 0.273. The van der Waals surface area contributed by atoms with E-state index in [0.29, 0.717) is 0 Å². The molecule has 0 saturated carbocycles. The van der Waals surface area contributed by atoms with E-state index in [1.165, 1.54) is 9.60 Å². The minimum absolute atomic E-state index is 0.970. The molecule has 0 radical (unpaired) electrons. The Morgan fingerprint density at radius 1 is 1.53 bits per heavy atom. The normalized spacial score (nSPS) is 10.8. The molecule has 1 heterocycles. The molecular weight excluding hydrogens is 224 g/mol. The van der Waals surface area contributed by atoms with E-state index in [4.69, 9.17) is 0 Å². The molecule has 0 unspecified atom stereocenters. The summed E-state index contributed by atoms with van der Waals surface area (Å²) in [5, 5.41) is 1.10. The third-order valence-electron chi connectivity index (χ3n) is 2.05. The van der Waals surface area contributed by atoms with Crippen LogP contribution in [0.25, 0.3) is 10.2 Å². The molecule has 0 N–H and O–H groups in total. The second-order valence-corrected chi connectivity index (χ2v) is 5.65. The van der Waals surface area contributed by atoms with E-state index in [9.17, 15) is 0 Å². The van der Waals surface area contributed by atoms with Gasteiger partial charge in [-0.05, 0) is 31.5 Å². The van der Waals surface area contributed by atoms with Gasteiger partial charge in [-0.1, -0.05) is 6.92 Å². The summed E-state index contributed by atoms with van der Waals surface area (Å²) >= 11 is 3.48. The second kappa shape index (κ2) is 4.33. The second-order valence-electron chi connectivity index (χ2n) is 3.11. The molecule has 0 fully saturated rings. The zero-order valence-corrected chi connectivity index (χ0v) is 10.4. The highest BCUT2D eigenvalue weighted by Gasteiger charge is 2.07. The Kier molecular flexibility index (Phi) is 3.07. The zero-order chi connectivity index (χ0) is 10.8. The molecule has 0 aliphatic rings. The van der Waals surface area contributed by atoms with Gasteiger partial charge in [-0.25, -0.2) is 4.98 Å². The summed E-state index contributed by atoms with van der Waals surface area (Å²) in [4.78, 5) is 9.70. The average molecular weight is 236 g/mol. The van der Waals surface area contributed by atoms with Crippen LogP contribution in [0.3, 0.4) is 0 Å². The monoisotopic (exact) mass is 236 g/mol. The average Bonchev–Trinajstić information content (AvgIpc) is 2.56. The lowest BCUT2D eigenvalue weighted by Crippen LogP contribution is -1.76. The van der Waals surface area contributed by atoms with Gasteiger partial charge in [-0.2, -0.15) is 0 Å². The minimum Gasteiger partial charge on any atom is -0.263 e. The van der Waals surface area contributed by atoms with Crippen molar-refractivity contribution in [1.82, 2.24) is 4.98 Å². The van der Waals surface area contributed by atoms with Crippen LogP contribution < -0.4 is 0 Å². The molecule has 2 aromatic rings. The van der Waals surface area contributed by atoms with Gasteiger partial charge in [-0.3, -0.25) is 4.99 Å². The smallest absolute Gasteiger partial charge is 0.0907 e. The standard InChI is InChI=1S/C11H12N2S2/c1-4-14-10-6-9-11(5-8(10)12-3)15-7(2)13-9/h5-6H,3-4H2,1-2H3. The van der Waals surface area contributed by atoms with Crippen LogP contribution in [-0.2, 0) is 0 Å². The molecule has 0 bridgehead atoms. The predicted octanol–water partition coefficient (Wildman–Crippen LogP) is 4.05. The molecule has 0 aliphatic carbocycles. The van der Waals surface area contributed by atoms with Gasteiger partial charge in [0.2, 0.25) is 0 Å². The van der Waals surface area contributed by atoms with Crippen LogP contribution in [-0.4, -0.2) is 17.5 Å². The van der Waals surface area contributed by atoms with E-state index in [1.807, 2.05) is 6.92 Å². The Labute approximate surface area is 97.5 Å². The first-order chi connectivity index (χ1) is 7.24. The fourth-order valence-electron chi connectivity index (χ4n) is 1.45. The van der Waals surface area contributed by atoms with Crippen LogP contribution in [0.2, 0.25) is 0 Å². The number of benzene rings is 1. The van der Waals surface area contributed by atoms with Crippen molar-refractivity contribution in [3.05, 3.63) is 17.1 Å². The number of hydrogen-bond acceptors (Lipinski definition) is 4. The number of nitrogens with zero attached hydrogens (tertiary/aromatic N) is 2. The van der Waals surface area contributed by atoms with Crippen molar-refractivity contribution in [3.8, 4) is 0 Å². The van der Waals surface area contributed by atoms with Crippen molar-refractivity contribution in [1.29, 1.82) is 0 Å². The van der Waals surface area contributed by atoms with Crippen LogP contribution in [0, 0.1) is 6.92 Å². The molecule has 0 spiro atoms. The van der Waals surface area contributed by atoms with Crippen LogP contribution in [0.1, 0.15) is 11.9 Å². The molecular formula is C11H12N2S2. The summed E-state index contributed by atoms with van der Waals surface area (Å²) in [5.41, 5.74) is 2.04. The fourth-order valence-corrected chi connectivity index (χ4v) is 3.07. The lowest BCUT2D eigenvalue weighted by Gasteiger charge is -2.02. The van der Waals surface area contributed by atoms with E-state index >= 15 is 0 Å². The number of aliphatic imine (C=N–C) groups is 1. The summed E-state index contributed by atoms with van der Waals surface area (Å²) < 4.78 is 1.19. The van der Waals surface area contributed by atoms with Crippen molar-refractivity contribution in [2.45, 2.75) is 18.7 Å². The van der Waals surface area contributed by atoms with Gasteiger partial charge >= 0.3 is 0 Å². The molecule has 78 valence electrons. The maximum Gasteiger partial charge on any atom is 0.0907 e. The van der Waals surface area contributed by atoms with E-state index < -0.39 is 0 Å². The van der Waals surface area contributed by atoms with Crippen molar-refractivity contribution < 1.29 is 0 Å². The topological polar surface area (TPSA) is 25.2 Å². The first kappa shape index (κ1) is 10.6.